The first-order chi connectivity index (χ1) is 10.3. The van der Waals surface area contributed by atoms with Crippen molar-refractivity contribution < 1.29 is 0 Å². The third kappa shape index (κ3) is 3.32. The van der Waals surface area contributed by atoms with Gasteiger partial charge in [0.1, 0.15) is 5.82 Å². The highest BCUT2D eigenvalue weighted by molar-refractivity contribution is 4.99. The first kappa shape index (κ1) is 15.0. The van der Waals surface area contributed by atoms with E-state index in [9.17, 15) is 0 Å². The van der Waals surface area contributed by atoms with Crippen LogP contribution in [0.5, 0.6) is 0 Å². The third-order valence-corrected chi connectivity index (χ3v) is 5.40. The van der Waals surface area contributed by atoms with Gasteiger partial charge in [-0.2, -0.15) is 0 Å². The maximum Gasteiger partial charge on any atom is 0.122 e. The molecule has 0 amide bonds. The van der Waals surface area contributed by atoms with E-state index in [1.54, 1.807) is 0 Å². The molecule has 0 spiro atoms. The maximum atomic E-state index is 4.53. The zero-order chi connectivity index (χ0) is 14.7. The number of hydrogen-bond acceptors (Lipinski definition) is 3. The van der Waals surface area contributed by atoms with E-state index < -0.39 is 0 Å². The summed E-state index contributed by atoms with van der Waals surface area (Å²) >= 11 is 0. The summed E-state index contributed by atoms with van der Waals surface area (Å²) < 4.78 is 2.31. The van der Waals surface area contributed by atoms with Crippen molar-refractivity contribution in [2.75, 3.05) is 13.1 Å². The number of rotatable bonds is 5. The molecular formula is C17H30N4. The number of hydrogen-bond donors (Lipinski definition) is 1. The molecule has 1 saturated carbocycles. The minimum absolute atomic E-state index is 0.675. The Bertz CT molecular complexity index is 442. The zero-order valence-corrected chi connectivity index (χ0v) is 13.6. The summed E-state index contributed by atoms with van der Waals surface area (Å²) in [4.78, 5) is 7.22. The fourth-order valence-corrected chi connectivity index (χ4v) is 4.05. The first-order valence-electron chi connectivity index (χ1n) is 8.79. The Balaban J connectivity index is 1.69. The Morgan fingerprint density at radius 2 is 2.19 bits per heavy atom. The quantitative estimate of drug-likeness (QED) is 0.905. The standard InChI is InChI=1S/C17H30N4/c1-3-7-18-15-6-5-14(4-2)12-16(15)21-11-10-20-9-8-19-17(20)13-21/h8-9,14-16,18H,3-7,10-13H2,1-2H3. The van der Waals surface area contributed by atoms with Gasteiger partial charge in [0.2, 0.25) is 0 Å². The molecule has 3 rings (SSSR count). The van der Waals surface area contributed by atoms with Crippen LogP contribution in [0.3, 0.4) is 0 Å². The molecule has 21 heavy (non-hydrogen) atoms. The molecule has 1 fully saturated rings. The maximum absolute atomic E-state index is 4.53. The van der Waals surface area contributed by atoms with Crippen LogP contribution in [0.2, 0.25) is 0 Å². The molecule has 1 aromatic heterocycles. The number of fused-ring (bicyclic) bond motifs is 1. The average Bonchev–Trinajstić information content (AvgIpc) is 3.00. The van der Waals surface area contributed by atoms with Gasteiger partial charge in [0.05, 0.1) is 6.54 Å². The highest BCUT2D eigenvalue weighted by atomic mass is 15.3. The second-order valence-electron chi connectivity index (χ2n) is 6.72. The van der Waals surface area contributed by atoms with Crippen molar-refractivity contribution in [3.05, 3.63) is 18.2 Å². The fraction of sp³-hybridized carbons (Fsp3) is 0.824. The Morgan fingerprint density at radius 1 is 1.29 bits per heavy atom. The second kappa shape index (κ2) is 6.93. The van der Waals surface area contributed by atoms with Gasteiger partial charge in [-0.3, -0.25) is 4.90 Å². The molecule has 0 aromatic carbocycles. The van der Waals surface area contributed by atoms with Crippen molar-refractivity contribution in [1.82, 2.24) is 19.8 Å². The van der Waals surface area contributed by atoms with Gasteiger partial charge < -0.3 is 9.88 Å². The van der Waals surface area contributed by atoms with Gasteiger partial charge >= 0.3 is 0 Å². The summed E-state index contributed by atoms with van der Waals surface area (Å²) in [6, 6.07) is 1.37. The summed E-state index contributed by atoms with van der Waals surface area (Å²) in [6.45, 7) is 9.07. The minimum atomic E-state index is 0.675. The first-order valence-corrected chi connectivity index (χ1v) is 8.79. The molecule has 1 N–H and O–H groups in total. The van der Waals surface area contributed by atoms with E-state index in [1.165, 1.54) is 44.5 Å². The van der Waals surface area contributed by atoms with Gasteiger partial charge in [-0.15, -0.1) is 0 Å². The summed E-state index contributed by atoms with van der Waals surface area (Å²) in [7, 11) is 0. The fourth-order valence-electron chi connectivity index (χ4n) is 4.05. The zero-order valence-electron chi connectivity index (χ0n) is 13.6. The Kier molecular flexibility index (Phi) is 4.96. The highest BCUT2D eigenvalue weighted by Gasteiger charge is 2.35. The van der Waals surface area contributed by atoms with Crippen molar-refractivity contribution in [2.24, 2.45) is 5.92 Å². The number of nitrogens with zero attached hydrogens (tertiary/aromatic N) is 3. The van der Waals surface area contributed by atoms with Gasteiger partial charge in [-0.25, -0.2) is 4.98 Å². The number of nitrogens with one attached hydrogen (secondary N) is 1. The molecule has 2 aliphatic rings. The van der Waals surface area contributed by atoms with Crippen LogP contribution in [0.15, 0.2) is 12.4 Å². The van der Waals surface area contributed by atoms with Crippen LogP contribution < -0.4 is 5.32 Å². The lowest BCUT2D eigenvalue weighted by atomic mass is 9.80. The Labute approximate surface area is 128 Å². The molecule has 3 unspecified atom stereocenters. The SMILES string of the molecule is CCCNC1CCC(CC)CC1N1CCn2ccnc2C1. The van der Waals surface area contributed by atoms with Crippen molar-refractivity contribution in [2.45, 2.75) is 71.1 Å². The van der Waals surface area contributed by atoms with Crippen molar-refractivity contribution >= 4 is 0 Å². The molecular weight excluding hydrogens is 260 g/mol. The van der Waals surface area contributed by atoms with Crippen LogP contribution in [0.4, 0.5) is 0 Å². The second-order valence-corrected chi connectivity index (χ2v) is 6.72. The molecule has 118 valence electrons. The molecule has 4 nitrogen and oxygen atoms in total. The van der Waals surface area contributed by atoms with Crippen LogP contribution in [-0.2, 0) is 13.1 Å². The minimum Gasteiger partial charge on any atom is -0.333 e. The van der Waals surface area contributed by atoms with Gasteiger partial charge in [0.25, 0.3) is 0 Å². The predicted molar refractivity (Wildman–Crippen MR) is 86.1 cm³/mol. The molecule has 0 bridgehead atoms. The van der Waals surface area contributed by atoms with Crippen LogP contribution >= 0.6 is 0 Å². The molecule has 1 aliphatic carbocycles. The van der Waals surface area contributed by atoms with E-state index in [-0.39, 0.29) is 0 Å². The summed E-state index contributed by atoms with van der Waals surface area (Å²) in [5.41, 5.74) is 0. The van der Waals surface area contributed by atoms with Crippen LogP contribution in [0, 0.1) is 5.92 Å². The number of imidazole rings is 1. The van der Waals surface area contributed by atoms with Crippen LogP contribution in [0.1, 0.15) is 51.8 Å². The van der Waals surface area contributed by atoms with Gasteiger partial charge in [0, 0.05) is 37.6 Å². The predicted octanol–water partition coefficient (Wildman–Crippen LogP) is 2.65. The van der Waals surface area contributed by atoms with Gasteiger partial charge in [-0.05, 0) is 38.1 Å². The monoisotopic (exact) mass is 290 g/mol. The van der Waals surface area contributed by atoms with E-state index in [2.05, 4.69) is 39.8 Å². The van der Waals surface area contributed by atoms with Crippen LogP contribution in [0.25, 0.3) is 0 Å². The summed E-state index contributed by atoms with van der Waals surface area (Å²) in [5.74, 6) is 2.16. The lowest BCUT2D eigenvalue weighted by molar-refractivity contribution is 0.0716. The third-order valence-electron chi connectivity index (χ3n) is 5.40. The lowest BCUT2D eigenvalue weighted by Crippen LogP contribution is -2.55. The Hall–Kier alpha value is -0.870. The van der Waals surface area contributed by atoms with E-state index >= 15 is 0 Å². The number of aromatic nitrogens is 2. The van der Waals surface area contributed by atoms with Crippen LogP contribution in [-0.4, -0.2) is 39.6 Å². The van der Waals surface area contributed by atoms with Crippen molar-refractivity contribution in [3.8, 4) is 0 Å². The molecule has 0 saturated heterocycles. The van der Waals surface area contributed by atoms with E-state index in [4.69, 9.17) is 0 Å². The molecule has 3 atom stereocenters. The molecule has 4 heteroatoms. The normalized spacial score (nSPS) is 30.3. The largest absolute Gasteiger partial charge is 0.333 e. The lowest BCUT2D eigenvalue weighted by Gasteiger charge is -2.44. The Morgan fingerprint density at radius 3 is 3.00 bits per heavy atom. The summed E-state index contributed by atoms with van der Waals surface area (Å²) in [5, 5.41) is 3.81. The van der Waals surface area contributed by atoms with Gasteiger partial charge in [0.15, 0.2) is 0 Å². The summed E-state index contributed by atoms with van der Waals surface area (Å²) in [6.07, 6.45) is 10.7. The molecule has 1 aliphatic heterocycles. The van der Waals surface area contributed by atoms with Crippen molar-refractivity contribution in [3.63, 3.8) is 0 Å². The highest BCUT2D eigenvalue weighted by Crippen LogP contribution is 2.31. The molecule has 0 radical (unpaired) electrons. The molecule has 2 heterocycles. The van der Waals surface area contributed by atoms with E-state index in [0.717, 1.165) is 25.6 Å². The van der Waals surface area contributed by atoms with E-state index in [0.29, 0.717) is 12.1 Å². The topological polar surface area (TPSA) is 33.1 Å². The van der Waals surface area contributed by atoms with E-state index in [1.807, 2.05) is 6.20 Å². The van der Waals surface area contributed by atoms with Gasteiger partial charge in [-0.1, -0.05) is 20.3 Å². The van der Waals surface area contributed by atoms with Crippen molar-refractivity contribution in [1.29, 1.82) is 0 Å². The molecule has 1 aromatic rings. The smallest absolute Gasteiger partial charge is 0.122 e. The average molecular weight is 290 g/mol.